The fraction of sp³-hybridized carbons (Fsp3) is 0.583. The molecule has 1 nitrogen and oxygen atoms in total. The van der Waals surface area contributed by atoms with Crippen LogP contribution in [0.15, 0.2) is 29.3 Å². The van der Waals surface area contributed by atoms with E-state index >= 15 is 0 Å². The maximum atomic E-state index is 4.32. The summed E-state index contributed by atoms with van der Waals surface area (Å²) in [5, 5.41) is 0. The highest BCUT2D eigenvalue weighted by atomic mass is 14.7. The van der Waals surface area contributed by atoms with Gasteiger partial charge in [0.05, 0.1) is 0 Å². The summed E-state index contributed by atoms with van der Waals surface area (Å²) in [6.07, 6.45) is 13.6. The summed E-state index contributed by atoms with van der Waals surface area (Å²) in [6.45, 7) is 3.34. The van der Waals surface area contributed by atoms with Gasteiger partial charge in [-0.1, -0.05) is 25.2 Å². The highest BCUT2D eigenvalue weighted by Gasteiger charge is 2.24. The van der Waals surface area contributed by atoms with Gasteiger partial charge in [-0.2, -0.15) is 0 Å². The van der Waals surface area contributed by atoms with Crippen molar-refractivity contribution in [3.05, 3.63) is 24.3 Å². The smallest absolute Gasteiger partial charge is 0.0457 e. The molecule has 3 atom stereocenters. The zero-order valence-electron chi connectivity index (χ0n) is 8.19. The lowest BCUT2D eigenvalue weighted by Gasteiger charge is -2.30. The van der Waals surface area contributed by atoms with Crippen molar-refractivity contribution in [1.82, 2.24) is 0 Å². The SMILES string of the molecule is C[C@H]1CCC=CC1C1C=CC=NC1. The van der Waals surface area contributed by atoms with Crippen molar-refractivity contribution >= 4 is 6.21 Å². The predicted octanol–water partition coefficient (Wildman–Crippen LogP) is 2.85. The average molecular weight is 175 g/mol. The molecule has 0 aromatic heterocycles. The van der Waals surface area contributed by atoms with Gasteiger partial charge in [-0.3, -0.25) is 4.99 Å². The second-order valence-electron chi connectivity index (χ2n) is 4.12. The molecule has 0 spiro atoms. The van der Waals surface area contributed by atoms with Gasteiger partial charge in [0.15, 0.2) is 0 Å². The maximum absolute atomic E-state index is 4.32. The third-order valence-corrected chi connectivity index (χ3v) is 3.16. The van der Waals surface area contributed by atoms with E-state index in [2.05, 4.69) is 36.2 Å². The fourth-order valence-corrected chi connectivity index (χ4v) is 2.31. The first kappa shape index (κ1) is 8.74. The molecular formula is C12H17N. The molecule has 0 N–H and O–H groups in total. The summed E-state index contributed by atoms with van der Waals surface area (Å²) in [5.74, 6) is 2.20. The Balaban J connectivity index is 2.06. The Morgan fingerprint density at radius 2 is 2.23 bits per heavy atom. The van der Waals surface area contributed by atoms with E-state index in [1.165, 1.54) is 12.8 Å². The zero-order valence-corrected chi connectivity index (χ0v) is 8.19. The van der Waals surface area contributed by atoms with Crippen molar-refractivity contribution in [3.8, 4) is 0 Å². The van der Waals surface area contributed by atoms with E-state index in [1.54, 1.807) is 0 Å². The minimum Gasteiger partial charge on any atom is -0.293 e. The fourth-order valence-electron chi connectivity index (χ4n) is 2.31. The zero-order chi connectivity index (χ0) is 9.10. The van der Waals surface area contributed by atoms with Crippen LogP contribution in [-0.2, 0) is 0 Å². The predicted molar refractivity (Wildman–Crippen MR) is 57.0 cm³/mol. The van der Waals surface area contributed by atoms with Gasteiger partial charge in [-0.15, -0.1) is 0 Å². The van der Waals surface area contributed by atoms with Crippen molar-refractivity contribution in [1.29, 1.82) is 0 Å². The Labute approximate surface area is 80.3 Å². The summed E-state index contributed by atoms with van der Waals surface area (Å²) in [6, 6.07) is 0. The Morgan fingerprint density at radius 1 is 1.31 bits per heavy atom. The third kappa shape index (κ3) is 1.90. The van der Waals surface area contributed by atoms with Crippen LogP contribution in [0, 0.1) is 17.8 Å². The van der Waals surface area contributed by atoms with Crippen LogP contribution in [0.4, 0.5) is 0 Å². The topological polar surface area (TPSA) is 12.4 Å². The minimum absolute atomic E-state index is 0.650. The summed E-state index contributed by atoms with van der Waals surface area (Å²) in [7, 11) is 0. The summed E-state index contributed by atoms with van der Waals surface area (Å²) in [4.78, 5) is 4.32. The van der Waals surface area contributed by atoms with Crippen LogP contribution in [-0.4, -0.2) is 12.8 Å². The van der Waals surface area contributed by atoms with Crippen molar-refractivity contribution < 1.29 is 0 Å². The van der Waals surface area contributed by atoms with Gasteiger partial charge in [-0.25, -0.2) is 0 Å². The minimum atomic E-state index is 0.650. The molecule has 1 heterocycles. The lowest BCUT2D eigenvalue weighted by molar-refractivity contribution is 0.317. The molecule has 70 valence electrons. The van der Waals surface area contributed by atoms with Crippen molar-refractivity contribution in [2.75, 3.05) is 6.54 Å². The van der Waals surface area contributed by atoms with E-state index < -0.39 is 0 Å². The number of allylic oxidation sites excluding steroid dienone is 3. The van der Waals surface area contributed by atoms with Crippen LogP contribution in [0.1, 0.15) is 19.8 Å². The van der Waals surface area contributed by atoms with Crippen LogP contribution >= 0.6 is 0 Å². The van der Waals surface area contributed by atoms with Crippen LogP contribution in [0.25, 0.3) is 0 Å². The number of dihydropyridines is 1. The molecule has 0 saturated heterocycles. The quantitative estimate of drug-likeness (QED) is 0.543. The number of rotatable bonds is 1. The number of nitrogens with zero attached hydrogens (tertiary/aromatic N) is 1. The van der Waals surface area contributed by atoms with Gasteiger partial charge in [0.25, 0.3) is 0 Å². The van der Waals surface area contributed by atoms with E-state index in [-0.39, 0.29) is 0 Å². The first-order valence-electron chi connectivity index (χ1n) is 5.21. The Morgan fingerprint density at radius 3 is 2.92 bits per heavy atom. The third-order valence-electron chi connectivity index (χ3n) is 3.16. The van der Waals surface area contributed by atoms with Gasteiger partial charge in [0, 0.05) is 18.7 Å². The Kier molecular flexibility index (Phi) is 2.62. The molecule has 0 bridgehead atoms. The molecule has 0 fully saturated rings. The van der Waals surface area contributed by atoms with Gasteiger partial charge in [0.2, 0.25) is 0 Å². The molecule has 1 heteroatoms. The highest BCUT2D eigenvalue weighted by molar-refractivity contribution is 5.72. The second kappa shape index (κ2) is 3.91. The largest absolute Gasteiger partial charge is 0.293 e. The first-order chi connectivity index (χ1) is 6.38. The Hall–Kier alpha value is -0.850. The molecule has 0 aromatic rings. The molecule has 0 amide bonds. The monoisotopic (exact) mass is 175 g/mol. The molecule has 13 heavy (non-hydrogen) atoms. The van der Waals surface area contributed by atoms with Crippen molar-refractivity contribution in [3.63, 3.8) is 0 Å². The summed E-state index contributed by atoms with van der Waals surface area (Å²) < 4.78 is 0. The van der Waals surface area contributed by atoms with E-state index in [4.69, 9.17) is 0 Å². The molecular weight excluding hydrogens is 158 g/mol. The molecule has 2 unspecified atom stereocenters. The summed E-state index contributed by atoms with van der Waals surface area (Å²) >= 11 is 0. The van der Waals surface area contributed by atoms with Gasteiger partial charge in [0.1, 0.15) is 0 Å². The van der Waals surface area contributed by atoms with E-state index in [0.717, 1.165) is 18.4 Å². The van der Waals surface area contributed by atoms with Crippen LogP contribution in [0.5, 0.6) is 0 Å². The van der Waals surface area contributed by atoms with E-state index in [9.17, 15) is 0 Å². The molecule has 1 aliphatic heterocycles. The average Bonchev–Trinajstić information content (AvgIpc) is 2.20. The lowest BCUT2D eigenvalue weighted by atomic mass is 9.76. The van der Waals surface area contributed by atoms with Gasteiger partial charge < -0.3 is 0 Å². The van der Waals surface area contributed by atoms with Crippen molar-refractivity contribution in [2.45, 2.75) is 19.8 Å². The molecule has 0 aromatic carbocycles. The van der Waals surface area contributed by atoms with Gasteiger partial charge >= 0.3 is 0 Å². The molecule has 0 radical (unpaired) electrons. The number of hydrogen-bond acceptors (Lipinski definition) is 1. The van der Waals surface area contributed by atoms with Crippen LogP contribution in [0.3, 0.4) is 0 Å². The molecule has 0 saturated carbocycles. The number of hydrogen-bond donors (Lipinski definition) is 0. The van der Waals surface area contributed by atoms with Crippen molar-refractivity contribution in [2.24, 2.45) is 22.7 Å². The maximum Gasteiger partial charge on any atom is 0.0457 e. The van der Waals surface area contributed by atoms with E-state index in [0.29, 0.717) is 5.92 Å². The standard InChI is InChI=1S/C12H17N/c1-10-5-2-3-7-12(10)11-6-4-8-13-9-11/h3-4,6-8,10-12H,2,5,9H2,1H3/t10-,11?,12?/m0/s1. The lowest BCUT2D eigenvalue weighted by Crippen LogP contribution is -2.24. The molecule has 2 rings (SSSR count). The first-order valence-corrected chi connectivity index (χ1v) is 5.21. The summed E-state index contributed by atoms with van der Waals surface area (Å²) in [5.41, 5.74) is 0. The van der Waals surface area contributed by atoms with Crippen LogP contribution < -0.4 is 0 Å². The molecule has 1 aliphatic carbocycles. The van der Waals surface area contributed by atoms with Gasteiger partial charge in [-0.05, 0) is 30.8 Å². The van der Waals surface area contributed by atoms with Crippen LogP contribution in [0.2, 0.25) is 0 Å². The Bertz CT molecular complexity index is 250. The van der Waals surface area contributed by atoms with E-state index in [1.807, 2.05) is 6.21 Å². The molecule has 2 aliphatic rings. The highest BCUT2D eigenvalue weighted by Crippen LogP contribution is 2.31. The second-order valence-corrected chi connectivity index (χ2v) is 4.12. The number of aliphatic imine (C=N–C) groups is 1. The normalized spacial score (nSPS) is 38.1.